The zero-order chi connectivity index (χ0) is 24.3. The lowest BCUT2D eigenvalue weighted by Gasteiger charge is -2.12. The summed E-state index contributed by atoms with van der Waals surface area (Å²) in [5, 5.41) is 3.26. The number of nitrogens with one attached hydrogen (secondary N) is 2. The van der Waals surface area contributed by atoms with Crippen LogP contribution >= 0.6 is 11.3 Å². The number of imidazole rings is 1. The van der Waals surface area contributed by atoms with Crippen LogP contribution < -0.4 is 10.0 Å². The van der Waals surface area contributed by atoms with Crippen molar-refractivity contribution in [2.45, 2.75) is 31.2 Å². The fourth-order valence-corrected chi connectivity index (χ4v) is 5.62. The second-order valence-electron chi connectivity index (χ2n) is 7.83. The van der Waals surface area contributed by atoms with Crippen LogP contribution in [0.2, 0.25) is 0 Å². The molecule has 176 valence electrons. The van der Waals surface area contributed by atoms with Crippen molar-refractivity contribution in [1.82, 2.24) is 19.3 Å². The number of hydrogen-bond acceptors (Lipinski definition) is 6. The van der Waals surface area contributed by atoms with Gasteiger partial charge in [0.1, 0.15) is 0 Å². The van der Waals surface area contributed by atoms with Crippen molar-refractivity contribution >= 4 is 32.4 Å². The Hall–Kier alpha value is -3.34. The molecule has 2 N–H and O–H groups in total. The third-order valence-electron chi connectivity index (χ3n) is 5.31. The third-order valence-corrected chi connectivity index (χ3v) is 7.89. The van der Waals surface area contributed by atoms with Crippen LogP contribution in [0, 0.1) is 0 Å². The molecule has 34 heavy (non-hydrogen) atoms. The number of rotatable bonds is 8. The molecule has 8 nitrogen and oxygen atoms in total. The maximum atomic E-state index is 12.9. The average molecular weight is 496 g/mol. The Morgan fingerprint density at radius 3 is 2.44 bits per heavy atom. The molecule has 0 aliphatic heterocycles. The molecule has 2 aromatic carbocycles. The van der Waals surface area contributed by atoms with Gasteiger partial charge in [-0.1, -0.05) is 48.6 Å². The summed E-state index contributed by atoms with van der Waals surface area (Å²) < 4.78 is 29.4. The fourth-order valence-electron chi connectivity index (χ4n) is 3.27. The summed E-state index contributed by atoms with van der Waals surface area (Å²) in [6, 6.07) is 15.4. The van der Waals surface area contributed by atoms with Crippen molar-refractivity contribution in [2.75, 3.05) is 5.32 Å². The van der Waals surface area contributed by atoms with Crippen LogP contribution in [0.1, 0.15) is 30.6 Å². The van der Waals surface area contributed by atoms with Crippen molar-refractivity contribution in [1.29, 1.82) is 0 Å². The summed E-state index contributed by atoms with van der Waals surface area (Å²) in [5.41, 5.74) is 1.98. The summed E-state index contributed by atoms with van der Waals surface area (Å²) in [5.74, 6) is 0.374. The molecule has 1 amide bonds. The first-order chi connectivity index (χ1) is 16.3. The molecular weight excluding hydrogens is 470 g/mol. The zero-order valence-electron chi connectivity index (χ0n) is 19.0. The van der Waals surface area contributed by atoms with Crippen LogP contribution in [0.25, 0.3) is 22.0 Å². The standard InChI is InChI=1S/C24H25N5O3S2/c1-4-16(2)28-34(31,32)19-12-10-18(11-13-19)23(30)27-24-26-20(17-8-6-5-7-9-17)21(33-24)22-25-14-15-29(22)3/h5-16,28H,4H2,1-3H3,(H,26,27,30). The van der Waals surface area contributed by atoms with E-state index in [0.29, 0.717) is 17.1 Å². The lowest BCUT2D eigenvalue weighted by molar-refractivity contribution is 0.102. The Balaban J connectivity index is 1.59. The quantitative estimate of drug-likeness (QED) is 0.373. The highest BCUT2D eigenvalue weighted by atomic mass is 32.2. The number of thiazole rings is 1. The smallest absolute Gasteiger partial charge is 0.257 e. The van der Waals surface area contributed by atoms with E-state index in [1.165, 1.54) is 35.6 Å². The molecule has 0 aliphatic rings. The third kappa shape index (κ3) is 5.09. The second-order valence-corrected chi connectivity index (χ2v) is 10.5. The molecule has 0 saturated heterocycles. The molecule has 0 radical (unpaired) electrons. The molecule has 2 aromatic heterocycles. The van der Waals surface area contributed by atoms with E-state index in [9.17, 15) is 13.2 Å². The molecule has 4 aromatic rings. The molecule has 0 saturated carbocycles. The lowest BCUT2D eigenvalue weighted by Crippen LogP contribution is -2.32. The summed E-state index contributed by atoms with van der Waals surface area (Å²) in [4.78, 5) is 22.9. The van der Waals surface area contributed by atoms with Gasteiger partial charge in [0.05, 0.1) is 15.5 Å². The number of hydrogen-bond donors (Lipinski definition) is 2. The molecule has 0 aliphatic carbocycles. The van der Waals surface area contributed by atoms with Gasteiger partial charge in [-0.2, -0.15) is 0 Å². The van der Waals surface area contributed by atoms with Crippen LogP contribution in [0.15, 0.2) is 71.9 Å². The van der Waals surface area contributed by atoms with E-state index >= 15 is 0 Å². The molecule has 4 rings (SSSR count). The average Bonchev–Trinajstić information content (AvgIpc) is 3.45. The van der Waals surface area contributed by atoms with Gasteiger partial charge in [0.15, 0.2) is 11.0 Å². The van der Waals surface area contributed by atoms with Crippen LogP contribution in [-0.2, 0) is 17.1 Å². The second kappa shape index (κ2) is 9.88. The van der Waals surface area contributed by atoms with Crippen LogP contribution in [-0.4, -0.2) is 34.9 Å². The first-order valence-corrected chi connectivity index (χ1v) is 13.1. The minimum absolute atomic E-state index is 0.113. The Morgan fingerprint density at radius 2 is 1.82 bits per heavy atom. The maximum absolute atomic E-state index is 12.9. The van der Waals surface area contributed by atoms with Gasteiger partial charge < -0.3 is 4.57 Å². The molecule has 1 atom stereocenters. The van der Waals surface area contributed by atoms with E-state index < -0.39 is 10.0 Å². The van der Waals surface area contributed by atoms with Gasteiger partial charge in [-0.25, -0.2) is 23.1 Å². The van der Waals surface area contributed by atoms with E-state index in [1.54, 1.807) is 13.1 Å². The minimum Gasteiger partial charge on any atom is -0.333 e. The van der Waals surface area contributed by atoms with E-state index in [0.717, 1.165) is 22.0 Å². The first kappa shape index (κ1) is 23.8. The number of carbonyl (C=O) groups is 1. The highest BCUT2D eigenvalue weighted by molar-refractivity contribution is 7.89. The summed E-state index contributed by atoms with van der Waals surface area (Å²) in [6.07, 6.45) is 4.25. The minimum atomic E-state index is -3.64. The fraction of sp³-hybridized carbons (Fsp3) is 0.208. The van der Waals surface area contributed by atoms with Crippen molar-refractivity contribution < 1.29 is 13.2 Å². The number of amides is 1. The summed E-state index contributed by atoms with van der Waals surface area (Å²) >= 11 is 1.33. The van der Waals surface area contributed by atoms with Crippen LogP contribution in [0.4, 0.5) is 5.13 Å². The number of carbonyl (C=O) groups excluding carboxylic acids is 1. The molecule has 2 heterocycles. The summed E-state index contributed by atoms with van der Waals surface area (Å²) in [7, 11) is -1.73. The zero-order valence-corrected chi connectivity index (χ0v) is 20.7. The monoisotopic (exact) mass is 495 g/mol. The van der Waals surface area contributed by atoms with Gasteiger partial charge in [-0.05, 0) is 37.6 Å². The van der Waals surface area contributed by atoms with Gasteiger partial charge in [0, 0.05) is 36.6 Å². The van der Waals surface area contributed by atoms with Crippen LogP contribution in [0.5, 0.6) is 0 Å². The molecule has 10 heteroatoms. The highest BCUT2D eigenvalue weighted by Gasteiger charge is 2.20. The topological polar surface area (TPSA) is 106 Å². The molecule has 1 unspecified atom stereocenters. The Bertz CT molecular complexity index is 1390. The maximum Gasteiger partial charge on any atom is 0.257 e. The normalized spacial score (nSPS) is 12.4. The van der Waals surface area contributed by atoms with E-state index in [2.05, 4.69) is 20.0 Å². The van der Waals surface area contributed by atoms with Crippen molar-refractivity contribution in [3.63, 3.8) is 0 Å². The van der Waals surface area contributed by atoms with Crippen LogP contribution in [0.3, 0.4) is 0 Å². The predicted octanol–water partition coefficient (Wildman–Crippen LogP) is 4.54. The van der Waals surface area contributed by atoms with E-state index in [-0.39, 0.29) is 16.8 Å². The largest absolute Gasteiger partial charge is 0.333 e. The van der Waals surface area contributed by atoms with Gasteiger partial charge in [0.25, 0.3) is 5.91 Å². The number of aromatic nitrogens is 3. The van der Waals surface area contributed by atoms with Crippen molar-refractivity contribution in [3.8, 4) is 22.0 Å². The van der Waals surface area contributed by atoms with Gasteiger partial charge in [-0.3, -0.25) is 10.1 Å². The van der Waals surface area contributed by atoms with Crippen molar-refractivity contribution in [3.05, 3.63) is 72.6 Å². The van der Waals surface area contributed by atoms with Gasteiger partial charge >= 0.3 is 0 Å². The number of nitrogens with zero attached hydrogens (tertiary/aromatic N) is 3. The molecular formula is C24H25N5O3S2. The van der Waals surface area contributed by atoms with Gasteiger partial charge in [-0.15, -0.1) is 0 Å². The molecule has 0 spiro atoms. The SMILES string of the molecule is CCC(C)NS(=O)(=O)c1ccc(C(=O)Nc2nc(-c3ccccc3)c(-c3nccn3C)s2)cc1. The number of aryl methyl sites for hydroxylation is 1. The first-order valence-electron chi connectivity index (χ1n) is 10.8. The number of benzene rings is 2. The Kier molecular flexibility index (Phi) is 6.92. The van der Waals surface area contributed by atoms with E-state index in [4.69, 9.17) is 0 Å². The molecule has 0 fully saturated rings. The lowest BCUT2D eigenvalue weighted by atomic mass is 10.1. The predicted molar refractivity (Wildman–Crippen MR) is 134 cm³/mol. The Labute approximate surface area is 202 Å². The van der Waals surface area contributed by atoms with Crippen molar-refractivity contribution in [2.24, 2.45) is 7.05 Å². The van der Waals surface area contributed by atoms with E-state index in [1.807, 2.05) is 55.1 Å². The number of sulfonamides is 1. The highest BCUT2D eigenvalue weighted by Crippen LogP contribution is 2.38. The number of anilines is 1. The Morgan fingerprint density at radius 1 is 1.12 bits per heavy atom. The van der Waals surface area contributed by atoms with Gasteiger partial charge in [0.2, 0.25) is 10.0 Å². The molecule has 0 bridgehead atoms. The summed E-state index contributed by atoms with van der Waals surface area (Å²) in [6.45, 7) is 3.71.